The summed E-state index contributed by atoms with van der Waals surface area (Å²) in [4.78, 5) is 11.1. The lowest BCUT2D eigenvalue weighted by molar-refractivity contribution is -0.137. The first-order chi connectivity index (χ1) is 5.55. The highest BCUT2D eigenvalue weighted by molar-refractivity contribution is 5.83. The van der Waals surface area contributed by atoms with E-state index in [-0.39, 0.29) is 12.4 Å². The van der Waals surface area contributed by atoms with E-state index in [4.69, 9.17) is 15.3 Å². The van der Waals surface area contributed by atoms with Crippen molar-refractivity contribution in [3.63, 3.8) is 0 Å². The van der Waals surface area contributed by atoms with E-state index in [1.165, 1.54) is 6.92 Å². The van der Waals surface area contributed by atoms with Crippen molar-refractivity contribution in [1.82, 2.24) is 0 Å². The van der Waals surface area contributed by atoms with Crippen LogP contribution in [0.15, 0.2) is 0 Å². The Morgan fingerprint density at radius 1 is 1.33 bits per heavy atom. The predicted octanol–water partition coefficient (Wildman–Crippen LogP) is -0.825. The molecule has 0 saturated heterocycles. The number of carbonyl (C=O) groups is 1. The Hall–Kier alpha value is -0.450. The van der Waals surface area contributed by atoms with Crippen molar-refractivity contribution in [3.8, 4) is 0 Å². The predicted molar refractivity (Wildman–Crippen MR) is 43.5 cm³/mol. The number of hydrogen-bond acceptors (Lipinski definition) is 4. The van der Waals surface area contributed by atoms with Gasteiger partial charge in [-0.15, -0.1) is 0 Å². The minimum absolute atomic E-state index is 0.222. The van der Waals surface area contributed by atoms with Crippen LogP contribution in [-0.2, 0) is 4.79 Å². The van der Waals surface area contributed by atoms with Crippen LogP contribution in [0.5, 0.6) is 0 Å². The van der Waals surface area contributed by atoms with Crippen molar-refractivity contribution in [2.24, 2.45) is 11.3 Å². The van der Waals surface area contributed by atoms with E-state index < -0.39 is 24.5 Å². The number of ketones is 1. The summed E-state index contributed by atoms with van der Waals surface area (Å²) in [6.45, 7) is 1.84. The highest BCUT2D eigenvalue weighted by atomic mass is 16.3. The summed E-state index contributed by atoms with van der Waals surface area (Å²) in [5, 5.41) is 26.7. The van der Waals surface area contributed by atoms with Crippen molar-refractivity contribution in [1.29, 1.82) is 0 Å². The summed E-state index contributed by atoms with van der Waals surface area (Å²) in [6.07, 6.45) is 0. The van der Waals surface area contributed by atoms with E-state index in [1.807, 2.05) is 0 Å². The first kappa shape index (κ1) is 11.6. The molecule has 0 saturated carbocycles. The van der Waals surface area contributed by atoms with E-state index in [0.717, 1.165) is 0 Å². The van der Waals surface area contributed by atoms with Crippen molar-refractivity contribution < 1.29 is 20.1 Å². The van der Waals surface area contributed by atoms with Gasteiger partial charge in [0.2, 0.25) is 0 Å². The summed E-state index contributed by atoms with van der Waals surface area (Å²) in [6, 6.07) is 0. The molecule has 4 nitrogen and oxygen atoms in total. The summed E-state index contributed by atoms with van der Waals surface area (Å²) >= 11 is 0. The van der Waals surface area contributed by atoms with E-state index >= 15 is 0 Å². The van der Waals surface area contributed by atoms with E-state index in [0.29, 0.717) is 0 Å². The molecule has 0 aliphatic heterocycles. The molecular weight excluding hydrogens is 160 g/mol. The van der Waals surface area contributed by atoms with Gasteiger partial charge in [0.25, 0.3) is 0 Å². The SMILES string of the molecule is CC(=O)C(CO)(CO)C(C)CO. The highest BCUT2D eigenvalue weighted by Crippen LogP contribution is 2.27. The average molecular weight is 176 g/mol. The van der Waals surface area contributed by atoms with Crippen molar-refractivity contribution in [2.45, 2.75) is 13.8 Å². The zero-order valence-corrected chi connectivity index (χ0v) is 7.45. The van der Waals surface area contributed by atoms with Crippen LogP contribution < -0.4 is 0 Å². The van der Waals surface area contributed by atoms with Crippen LogP contribution >= 0.6 is 0 Å². The normalized spacial score (nSPS) is 14.4. The Morgan fingerprint density at radius 3 is 1.83 bits per heavy atom. The van der Waals surface area contributed by atoms with Gasteiger partial charge in [-0.05, 0) is 12.8 Å². The zero-order chi connectivity index (χ0) is 9.78. The average Bonchev–Trinajstić information content (AvgIpc) is 2.06. The third kappa shape index (κ3) is 1.83. The fourth-order valence-corrected chi connectivity index (χ4v) is 1.11. The van der Waals surface area contributed by atoms with Gasteiger partial charge in [0.1, 0.15) is 5.78 Å². The second-order valence-electron chi connectivity index (χ2n) is 3.11. The Bertz CT molecular complexity index is 151. The first-order valence-electron chi connectivity index (χ1n) is 3.88. The largest absolute Gasteiger partial charge is 0.396 e. The van der Waals surface area contributed by atoms with Gasteiger partial charge in [0.05, 0.1) is 18.6 Å². The molecule has 0 amide bonds. The van der Waals surface area contributed by atoms with Gasteiger partial charge in [0, 0.05) is 6.61 Å². The van der Waals surface area contributed by atoms with Crippen molar-refractivity contribution >= 4 is 5.78 Å². The number of Topliss-reactive ketones (excluding diaryl/α,β-unsaturated/α-hetero) is 1. The fourth-order valence-electron chi connectivity index (χ4n) is 1.11. The molecule has 0 fully saturated rings. The molecule has 72 valence electrons. The van der Waals surface area contributed by atoms with Crippen LogP contribution in [0.2, 0.25) is 0 Å². The number of hydrogen-bond donors (Lipinski definition) is 3. The van der Waals surface area contributed by atoms with Crippen LogP contribution in [0.1, 0.15) is 13.8 Å². The van der Waals surface area contributed by atoms with Crippen molar-refractivity contribution in [2.75, 3.05) is 19.8 Å². The first-order valence-corrected chi connectivity index (χ1v) is 3.88. The lowest BCUT2D eigenvalue weighted by Gasteiger charge is -2.31. The van der Waals surface area contributed by atoms with Crippen LogP contribution in [0.3, 0.4) is 0 Å². The minimum atomic E-state index is -1.19. The number of rotatable bonds is 5. The third-order valence-corrected chi connectivity index (χ3v) is 2.48. The topological polar surface area (TPSA) is 77.8 Å². The quantitative estimate of drug-likeness (QED) is 0.511. The van der Waals surface area contributed by atoms with Gasteiger partial charge in [-0.3, -0.25) is 4.79 Å². The van der Waals surface area contributed by atoms with E-state index in [1.54, 1.807) is 6.92 Å². The van der Waals surface area contributed by atoms with Crippen LogP contribution in [0.4, 0.5) is 0 Å². The zero-order valence-electron chi connectivity index (χ0n) is 7.45. The summed E-state index contributed by atoms with van der Waals surface area (Å²) in [5.41, 5.74) is -1.19. The molecule has 0 spiro atoms. The van der Waals surface area contributed by atoms with E-state index in [2.05, 4.69) is 0 Å². The molecule has 12 heavy (non-hydrogen) atoms. The lowest BCUT2D eigenvalue weighted by Crippen LogP contribution is -2.44. The van der Waals surface area contributed by atoms with Crippen LogP contribution in [0.25, 0.3) is 0 Å². The van der Waals surface area contributed by atoms with E-state index in [9.17, 15) is 4.79 Å². The van der Waals surface area contributed by atoms with Crippen LogP contribution in [0, 0.1) is 11.3 Å². The molecule has 1 unspecified atom stereocenters. The molecule has 3 N–H and O–H groups in total. The Balaban J connectivity index is 4.68. The van der Waals surface area contributed by atoms with Gasteiger partial charge in [-0.25, -0.2) is 0 Å². The Morgan fingerprint density at radius 2 is 1.75 bits per heavy atom. The molecule has 0 heterocycles. The molecule has 0 aliphatic carbocycles. The molecule has 4 heteroatoms. The second-order valence-corrected chi connectivity index (χ2v) is 3.11. The van der Waals surface area contributed by atoms with Crippen molar-refractivity contribution in [3.05, 3.63) is 0 Å². The van der Waals surface area contributed by atoms with Gasteiger partial charge >= 0.3 is 0 Å². The Kier molecular flexibility index (Phi) is 4.37. The maximum Gasteiger partial charge on any atom is 0.140 e. The molecule has 0 aromatic carbocycles. The molecule has 0 radical (unpaired) electrons. The maximum atomic E-state index is 11.1. The number of carbonyl (C=O) groups excluding carboxylic acids is 1. The molecule has 1 atom stereocenters. The Labute approximate surface area is 71.8 Å². The summed E-state index contributed by atoms with van der Waals surface area (Å²) < 4.78 is 0. The monoisotopic (exact) mass is 176 g/mol. The second kappa shape index (κ2) is 4.54. The van der Waals surface area contributed by atoms with Gasteiger partial charge in [-0.2, -0.15) is 0 Å². The minimum Gasteiger partial charge on any atom is -0.396 e. The third-order valence-electron chi connectivity index (χ3n) is 2.48. The summed E-state index contributed by atoms with van der Waals surface area (Å²) in [7, 11) is 0. The summed E-state index contributed by atoms with van der Waals surface area (Å²) in [5.74, 6) is -0.723. The lowest BCUT2D eigenvalue weighted by atomic mass is 9.75. The maximum absolute atomic E-state index is 11.1. The molecule has 0 aliphatic rings. The fraction of sp³-hybridized carbons (Fsp3) is 0.875. The molecular formula is C8H16O4. The molecule has 0 aromatic heterocycles. The smallest absolute Gasteiger partial charge is 0.140 e. The number of aliphatic hydroxyl groups excluding tert-OH is 3. The highest BCUT2D eigenvalue weighted by Gasteiger charge is 2.39. The number of aliphatic hydroxyl groups is 3. The standard InChI is InChI=1S/C8H16O4/c1-6(3-9)8(4-10,5-11)7(2)12/h6,9-11H,3-5H2,1-2H3. The molecule has 0 bridgehead atoms. The molecule has 0 rings (SSSR count). The molecule has 0 aromatic rings. The van der Waals surface area contributed by atoms with Gasteiger partial charge < -0.3 is 15.3 Å². The van der Waals surface area contributed by atoms with Gasteiger partial charge in [0.15, 0.2) is 0 Å². The van der Waals surface area contributed by atoms with Gasteiger partial charge in [-0.1, -0.05) is 6.92 Å². The van der Waals surface area contributed by atoms with Crippen LogP contribution in [-0.4, -0.2) is 40.9 Å².